The van der Waals surface area contributed by atoms with Crippen molar-refractivity contribution in [3.05, 3.63) is 29.6 Å². The minimum Gasteiger partial charge on any atom is -0.373 e. The Labute approximate surface area is 115 Å². The van der Waals surface area contributed by atoms with Crippen LogP contribution < -0.4 is 5.32 Å². The van der Waals surface area contributed by atoms with Crippen LogP contribution in [-0.4, -0.2) is 48.8 Å². The highest BCUT2D eigenvalue weighted by molar-refractivity contribution is 5.19. The average molecular weight is 261 g/mol. The lowest BCUT2D eigenvalue weighted by Crippen LogP contribution is -2.50. The van der Waals surface area contributed by atoms with Gasteiger partial charge in [-0.1, -0.05) is 6.07 Å². The van der Waals surface area contributed by atoms with Crippen molar-refractivity contribution in [3.63, 3.8) is 0 Å². The van der Waals surface area contributed by atoms with Gasteiger partial charge >= 0.3 is 0 Å². The molecule has 104 valence electrons. The zero-order chi connectivity index (χ0) is 13.2. The van der Waals surface area contributed by atoms with Gasteiger partial charge in [0.1, 0.15) is 0 Å². The molecule has 2 aliphatic heterocycles. The summed E-state index contributed by atoms with van der Waals surface area (Å²) >= 11 is 0. The predicted molar refractivity (Wildman–Crippen MR) is 75.1 cm³/mol. The second-order valence-electron chi connectivity index (χ2n) is 5.66. The highest BCUT2D eigenvalue weighted by Crippen LogP contribution is 2.28. The number of aryl methyl sites for hydroxylation is 1. The molecule has 4 heteroatoms. The van der Waals surface area contributed by atoms with Gasteiger partial charge in [-0.3, -0.25) is 9.88 Å². The summed E-state index contributed by atoms with van der Waals surface area (Å²) in [4.78, 5) is 6.98. The summed E-state index contributed by atoms with van der Waals surface area (Å²) in [6.45, 7) is 5.16. The third kappa shape index (κ3) is 2.66. The average Bonchev–Trinajstić information content (AvgIpc) is 2.89. The molecule has 0 aromatic carbocycles. The third-order valence-corrected chi connectivity index (χ3v) is 4.39. The van der Waals surface area contributed by atoms with Crippen LogP contribution in [0.3, 0.4) is 0 Å². The Morgan fingerprint density at radius 1 is 1.47 bits per heavy atom. The van der Waals surface area contributed by atoms with Gasteiger partial charge in [-0.15, -0.1) is 0 Å². The van der Waals surface area contributed by atoms with Crippen molar-refractivity contribution in [3.8, 4) is 0 Å². The van der Waals surface area contributed by atoms with E-state index in [1.807, 2.05) is 20.2 Å². The van der Waals surface area contributed by atoms with E-state index < -0.39 is 0 Å². The lowest BCUT2D eigenvalue weighted by Gasteiger charge is -2.38. The molecule has 2 aliphatic rings. The summed E-state index contributed by atoms with van der Waals surface area (Å²) in [6, 6.07) is 5.11. The highest BCUT2D eigenvalue weighted by Gasteiger charge is 2.35. The van der Waals surface area contributed by atoms with Crippen molar-refractivity contribution in [1.29, 1.82) is 0 Å². The molecule has 0 bridgehead atoms. The van der Waals surface area contributed by atoms with Gasteiger partial charge in [0.25, 0.3) is 0 Å². The number of hydrogen-bond donors (Lipinski definition) is 1. The molecular weight excluding hydrogens is 238 g/mol. The van der Waals surface area contributed by atoms with Crippen molar-refractivity contribution >= 4 is 0 Å². The van der Waals surface area contributed by atoms with E-state index in [0.29, 0.717) is 6.04 Å². The van der Waals surface area contributed by atoms with Gasteiger partial charge in [-0.25, -0.2) is 0 Å². The van der Waals surface area contributed by atoms with Gasteiger partial charge < -0.3 is 10.1 Å². The zero-order valence-electron chi connectivity index (χ0n) is 11.8. The van der Waals surface area contributed by atoms with Crippen molar-refractivity contribution in [2.45, 2.75) is 38.0 Å². The number of nitrogens with one attached hydrogen (secondary N) is 1. The fraction of sp³-hybridized carbons (Fsp3) is 0.667. The van der Waals surface area contributed by atoms with Crippen LogP contribution in [0.2, 0.25) is 0 Å². The van der Waals surface area contributed by atoms with Gasteiger partial charge in [-0.2, -0.15) is 0 Å². The maximum Gasteiger partial charge on any atom is 0.0897 e. The van der Waals surface area contributed by atoms with Crippen molar-refractivity contribution in [1.82, 2.24) is 15.2 Å². The monoisotopic (exact) mass is 261 g/mol. The van der Waals surface area contributed by atoms with Crippen LogP contribution in [0.15, 0.2) is 18.3 Å². The Balaban J connectivity index is 1.73. The molecule has 1 aromatic heterocycles. The zero-order valence-corrected chi connectivity index (χ0v) is 11.8. The third-order valence-electron chi connectivity index (χ3n) is 4.39. The normalized spacial score (nSPS) is 29.2. The summed E-state index contributed by atoms with van der Waals surface area (Å²) in [7, 11) is 2.00. The van der Waals surface area contributed by atoms with E-state index in [0.717, 1.165) is 18.8 Å². The van der Waals surface area contributed by atoms with Crippen LogP contribution in [-0.2, 0) is 4.74 Å². The van der Waals surface area contributed by atoms with Crippen molar-refractivity contribution in [2.24, 2.45) is 0 Å². The summed E-state index contributed by atoms with van der Waals surface area (Å²) in [6.07, 6.45) is 4.81. The number of fused-ring (bicyclic) bond motifs is 1. The molecular formula is C15H23N3O. The summed E-state index contributed by atoms with van der Waals surface area (Å²) < 4.78 is 6.10. The molecule has 0 saturated carbocycles. The molecule has 1 N–H and O–H groups in total. The van der Waals surface area contributed by atoms with Gasteiger partial charge in [-0.05, 0) is 45.0 Å². The summed E-state index contributed by atoms with van der Waals surface area (Å²) in [5, 5.41) is 3.40. The first-order valence-corrected chi connectivity index (χ1v) is 7.23. The topological polar surface area (TPSA) is 37.4 Å². The number of hydrogen-bond acceptors (Lipinski definition) is 4. The number of ether oxygens (including phenoxy) is 1. The minimum atomic E-state index is 0.226. The first-order chi connectivity index (χ1) is 9.28. The van der Waals surface area contributed by atoms with E-state index >= 15 is 0 Å². The van der Waals surface area contributed by atoms with Crippen LogP contribution >= 0.6 is 0 Å². The Morgan fingerprint density at radius 2 is 2.37 bits per heavy atom. The standard InChI is InChI=1S/C15H23N3O/c1-11-5-6-12(8-17-11)15(16-2)14-9-18-7-3-4-13(18)10-19-14/h5-6,8,13-16H,3-4,7,9-10H2,1-2H3. The molecule has 3 unspecified atom stereocenters. The second-order valence-corrected chi connectivity index (χ2v) is 5.66. The quantitative estimate of drug-likeness (QED) is 0.895. The van der Waals surface area contributed by atoms with E-state index in [2.05, 4.69) is 27.3 Å². The predicted octanol–water partition coefficient (Wildman–Crippen LogP) is 1.51. The van der Waals surface area contributed by atoms with Gasteiger partial charge in [0.05, 0.1) is 18.8 Å². The molecule has 0 spiro atoms. The summed E-state index contributed by atoms with van der Waals surface area (Å²) in [5.74, 6) is 0. The lowest BCUT2D eigenvalue weighted by molar-refractivity contribution is -0.0643. The fourth-order valence-electron chi connectivity index (χ4n) is 3.27. The Morgan fingerprint density at radius 3 is 3.11 bits per heavy atom. The molecule has 3 heterocycles. The van der Waals surface area contributed by atoms with Crippen molar-refractivity contribution < 1.29 is 4.74 Å². The first-order valence-electron chi connectivity index (χ1n) is 7.23. The van der Waals surface area contributed by atoms with Crippen molar-refractivity contribution in [2.75, 3.05) is 26.7 Å². The van der Waals surface area contributed by atoms with E-state index in [4.69, 9.17) is 4.74 Å². The minimum absolute atomic E-state index is 0.226. The molecule has 3 atom stereocenters. The Bertz CT molecular complexity index is 420. The smallest absolute Gasteiger partial charge is 0.0897 e. The molecule has 2 fully saturated rings. The van der Waals surface area contributed by atoms with Crippen LogP contribution in [0.25, 0.3) is 0 Å². The number of nitrogens with zero attached hydrogens (tertiary/aromatic N) is 2. The van der Waals surface area contributed by atoms with E-state index in [9.17, 15) is 0 Å². The Hall–Kier alpha value is -0.970. The molecule has 2 saturated heterocycles. The largest absolute Gasteiger partial charge is 0.373 e. The maximum absolute atomic E-state index is 6.10. The van der Waals surface area contributed by atoms with Crippen LogP contribution in [0, 0.1) is 6.92 Å². The SMILES string of the molecule is CNC(c1ccc(C)nc1)C1CN2CCCC2CO1. The number of aromatic nitrogens is 1. The van der Waals surface area contributed by atoms with Crippen LogP contribution in [0.5, 0.6) is 0 Å². The molecule has 3 rings (SSSR count). The first kappa shape index (κ1) is 13.0. The maximum atomic E-state index is 6.10. The van der Waals surface area contributed by atoms with Crippen LogP contribution in [0.1, 0.15) is 30.1 Å². The number of rotatable bonds is 3. The van der Waals surface area contributed by atoms with Gasteiger partial charge in [0.2, 0.25) is 0 Å². The molecule has 19 heavy (non-hydrogen) atoms. The van der Waals surface area contributed by atoms with E-state index in [-0.39, 0.29) is 12.1 Å². The lowest BCUT2D eigenvalue weighted by atomic mass is 10.0. The van der Waals surface area contributed by atoms with Gasteiger partial charge in [0, 0.05) is 24.5 Å². The Kier molecular flexibility index (Phi) is 3.82. The second kappa shape index (κ2) is 5.57. The number of likely N-dealkylation sites (N-methyl/N-ethyl adjacent to an activating group) is 1. The molecule has 0 aliphatic carbocycles. The fourth-order valence-corrected chi connectivity index (χ4v) is 3.27. The number of morpholine rings is 1. The van der Waals surface area contributed by atoms with Gasteiger partial charge in [0.15, 0.2) is 0 Å². The highest BCUT2D eigenvalue weighted by atomic mass is 16.5. The van der Waals surface area contributed by atoms with Crippen LogP contribution in [0.4, 0.5) is 0 Å². The number of pyridine rings is 1. The molecule has 0 radical (unpaired) electrons. The molecule has 1 aromatic rings. The summed E-state index contributed by atoms with van der Waals surface area (Å²) in [5.41, 5.74) is 2.28. The van der Waals surface area contributed by atoms with E-state index in [1.165, 1.54) is 24.9 Å². The molecule has 4 nitrogen and oxygen atoms in total. The molecule has 0 amide bonds. The van der Waals surface area contributed by atoms with E-state index in [1.54, 1.807) is 0 Å².